The maximum Gasteiger partial charge on any atom is 0.191 e. The fraction of sp³-hybridized carbons (Fsp3) is 0.400. The molecule has 1 aromatic carbocycles. The maximum absolute atomic E-state index is 10.4. The maximum atomic E-state index is 10.4. The highest BCUT2D eigenvalue weighted by molar-refractivity contribution is 5.79. The molecule has 0 aliphatic carbocycles. The molecule has 1 heterocycles. The Kier molecular flexibility index (Phi) is 7.89. The Morgan fingerprint density at radius 2 is 1.92 bits per heavy atom. The summed E-state index contributed by atoms with van der Waals surface area (Å²) in [5.41, 5.74) is 1.72. The van der Waals surface area contributed by atoms with Crippen molar-refractivity contribution < 1.29 is 9.84 Å². The van der Waals surface area contributed by atoms with Gasteiger partial charge < -0.3 is 20.5 Å². The fourth-order valence-corrected chi connectivity index (χ4v) is 2.35. The number of aliphatic hydroxyl groups is 1. The largest absolute Gasteiger partial charge is 0.491 e. The Bertz CT molecular complexity index is 672. The van der Waals surface area contributed by atoms with Crippen LogP contribution in [0.25, 0.3) is 0 Å². The van der Waals surface area contributed by atoms with Crippen LogP contribution in [0.5, 0.6) is 5.75 Å². The van der Waals surface area contributed by atoms with E-state index in [0.717, 1.165) is 23.6 Å². The zero-order valence-corrected chi connectivity index (χ0v) is 15.6. The van der Waals surface area contributed by atoms with Gasteiger partial charge in [-0.25, -0.2) is 4.99 Å². The van der Waals surface area contributed by atoms with Gasteiger partial charge in [-0.2, -0.15) is 0 Å². The number of nitrogens with zero attached hydrogens (tertiary/aromatic N) is 2. The van der Waals surface area contributed by atoms with Crippen LogP contribution in [0.15, 0.2) is 53.7 Å². The van der Waals surface area contributed by atoms with Gasteiger partial charge in [0.15, 0.2) is 5.96 Å². The predicted molar refractivity (Wildman–Crippen MR) is 104 cm³/mol. The molecule has 0 fully saturated rings. The number of hydrogen-bond acceptors (Lipinski definition) is 4. The number of guanidine groups is 1. The van der Waals surface area contributed by atoms with Crippen molar-refractivity contribution in [1.29, 1.82) is 0 Å². The first-order valence-electron chi connectivity index (χ1n) is 8.95. The lowest BCUT2D eigenvalue weighted by Crippen LogP contribution is -2.39. The van der Waals surface area contributed by atoms with Crippen LogP contribution in [0.4, 0.5) is 0 Å². The standard InChI is InChI=1S/C20H28N4O2/c1-4-21-20(23-13-17-7-5-6-12-22-17)24-14-19(25)16-8-10-18(11-9-16)26-15(2)3/h5-12,15,19,25H,4,13-14H2,1-3H3,(H2,21,23,24). The van der Waals surface area contributed by atoms with E-state index in [0.29, 0.717) is 19.0 Å². The van der Waals surface area contributed by atoms with Gasteiger partial charge in [0.05, 0.1) is 24.4 Å². The molecular formula is C20H28N4O2. The highest BCUT2D eigenvalue weighted by atomic mass is 16.5. The second-order valence-electron chi connectivity index (χ2n) is 6.15. The molecule has 0 spiro atoms. The number of aromatic nitrogens is 1. The van der Waals surface area contributed by atoms with Crippen molar-refractivity contribution in [1.82, 2.24) is 15.6 Å². The molecule has 0 saturated heterocycles. The minimum atomic E-state index is -0.637. The molecule has 2 aromatic rings. The number of aliphatic hydroxyl groups excluding tert-OH is 1. The van der Waals surface area contributed by atoms with Gasteiger partial charge in [-0.15, -0.1) is 0 Å². The van der Waals surface area contributed by atoms with E-state index in [-0.39, 0.29) is 6.10 Å². The normalized spacial score (nSPS) is 12.7. The van der Waals surface area contributed by atoms with Crippen molar-refractivity contribution in [2.75, 3.05) is 13.1 Å². The topological polar surface area (TPSA) is 78.8 Å². The van der Waals surface area contributed by atoms with E-state index in [1.807, 2.05) is 63.2 Å². The van der Waals surface area contributed by atoms with Crippen LogP contribution in [0.2, 0.25) is 0 Å². The molecule has 3 N–H and O–H groups in total. The molecule has 6 nitrogen and oxygen atoms in total. The monoisotopic (exact) mass is 356 g/mol. The van der Waals surface area contributed by atoms with Crippen molar-refractivity contribution in [2.24, 2.45) is 4.99 Å². The van der Waals surface area contributed by atoms with E-state index >= 15 is 0 Å². The molecule has 0 amide bonds. The summed E-state index contributed by atoms with van der Waals surface area (Å²) in [6.07, 6.45) is 1.24. The number of pyridine rings is 1. The summed E-state index contributed by atoms with van der Waals surface area (Å²) in [5, 5.41) is 16.7. The van der Waals surface area contributed by atoms with Gasteiger partial charge in [0, 0.05) is 19.3 Å². The molecule has 6 heteroatoms. The van der Waals surface area contributed by atoms with Crippen LogP contribution in [0, 0.1) is 0 Å². The minimum absolute atomic E-state index is 0.130. The highest BCUT2D eigenvalue weighted by Gasteiger charge is 2.09. The van der Waals surface area contributed by atoms with Gasteiger partial charge in [-0.3, -0.25) is 4.98 Å². The quantitative estimate of drug-likeness (QED) is 0.501. The van der Waals surface area contributed by atoms with Crippen LogP contribution in [0.1, 0.15) is 38.1 Å². The number of aliphatic imine (C=N–C) groups is 1. The number of rotatable bonds is 8. The zero-order chi connectivity index (χ0) is 18.8. The van der Waals surface area contributed by atoms with Crippen molar-refractivity contribution in [3.05, 3.63) is 59.9 Å². The summed E-state index contributed by atoms with van der Waals surface area (Å²) in [4.78, 5) is 8.76. The van der Waals surface area contributed by atoms with Crippen LogP contribution in [-0.4, -0.2) is 35.2 Å². The van der Waals surface area contributed by atoms with Gasteiger partial charge in [0.1, 0.15) is 5.75 Å². The Morgan fingerprint density at radius 1 is 1.15 bits per heavy atom. The average Bonchev–Trinajstić information content (AvgIpc) is 2.64. The van der Waals surface area contributed by atoms with Gasteiger partial charge >= 0.3 is 0 Å². The van der Waals surface area contributed by atoms with E-state index in [1.54, 1.807) is 6.20 Å². The zero-order valence-electron chi connectivity index (χ0n) is 15.6. The Labute approximate surface area is 155 Å². The molecule has 0 saturated carbocycles. The first-order chi connectivity index (χ1) is 12.6. The van der Waals surface area contributed by atoms with Gasteiger partial charge in [-0.05, 0) is 50.6 Å². The summed E-state index contributed by atoms with van der Waals surface area (Å²) in [5.74, 6) is 1.45. The smallest absolute Gasteiger partial charge is 0.191 e. The third-order valence-electron chi connectivity index (χ3n) is 3.57. The Hall–Kier alpha value is -2.60. The number of nitrogens with one attached hydrogen (secondary N) is 2. The van der Waals surface area contributed by atoms with E-state index in [4.69, 9.17) is 4.74 Å². The summed E-state index contributed by atoms with van der Waals surface area (Å²) in [7, 11) is 0. The fourth-order valence-electron chi connectivity index (χ4n) is 2.35. The number of benzene rings is 1. The van der Waals surface area contributed by atoms with Crippen LogP contribution in [-0.2, 0) is 6.54 Å². The first kappa shape index (κ1) is 19.7. The molecule has 0 aliphatic rings. The Morgan fingerprint density at radius 3 is 2.54 bits per heavy atom. The molecule has 26 heavy (non-hydrogen) atoms. The van der Waals surface area contributed by atoms with Crippen molar-refractivity contribution in [3.63, 3.8) is 0 Å². The molecular weight excluding hydrogens is 328 g/mol. The highest BCUT2D eigenvalue weighted by Crippen LogP contribution is 2.18. The summed E-state index contributed by atoms with van der Waals surface area (Å²) in [6.45, 7) is 7.55. The number of ether oxygens (including phenoxy) is 1. The van der Waals surface area contributed by atoms with Gasteiger partial charge in [0.25, 0.3) is 0 Å². The third kappa shape index (κ3) is 6.72. The van der Waals surface area contributed by atoms with Gasteiger partial charge in [-0.1, -0.05) is 18.2 Å². The minimum Gasteiger partial charge on any atom is -0.491 e. The molecule has 1 aromatic heterocycles. The van der Waals surface area contributed by atoms with E-state index in [1.165, 1.54) is 0 Å². The van der Waals surface area contributed by atoms with Crippen LogP contribution < -0.4 is 15.4 Å². The lowest BCUT2D eigenvalue weighted by molar-refractivity contribution is 0.180. The molecule has 1 atom stereocenters. The molecule has 0 aliphatic heterocycles. The van der Waals surface area contributed by atoms with E-state index in [2.05, 4.69) is 20.6 Å². The van der Waals surface area contributed by atoms with Gasteiger partial charge in [0.2, 0.25) is 0 Å². The third-order valence-corrected chi connectivity index (χ3v) is 3.57. The molecule has 1 unspecified atom stereocenters. The number of hydrogen-bond donors (Lipinski definition) is 3. The lowest BCUT2D eigenvalue weighted by atomic mass is 10.1. The van der Waals surface area contributed by atoms with Crippen molar-refractivity contribution in [3.8, 4) is 5.75 Å². The average molecular weight is 356 g/mol. The summed E-state index contributed by atoms with van der Waals surface area (Å²) >= 11 is 0. The second kappa shape index (κ2) is 10.4. The summed E-state index contributed by atoms with van der Waals surface area (Å²) < 4.78 is 5.62. The summed E-state index contributed by atoms with van der Waals surface area (Å²) in [6, 6.07) is 13.3. The second-order valence-corrected chi connectivity index (χ2v) is 6.15. The molecule has 0 bridgehead atoms. The van der Waals surface area contributed by atoms with Crippen molar-refractivity contribution >= 4 is 5.96 Å². The molecule has 0 radical (unpaired) electrons. The molecule has 2 rings (SSSR count). The Balaban J connectivity index is 1.90. The predicted octanol–water partition coefficient (Wildman–Crippen LogP) is 2.66. The van der Waals surface area contributed by atoms with E-state index in [9.17, 15) is 5.11 Å². The first-order valence-corrected chi connectivity index (χ1v) is 8.95. The van der Waals surface area contributed by atoms with Crippen molar-refractivity contribution in [2.45, 2.75) is 39.5 Å². The van der Waals surface area contributed by atoms with Crippen LogP contribution >= 0.6 is 0 Å². The van der Waals surface area contributed by atoms with E-state index < -0.39 is 6.10 Å². The SMILES string of the molecule is CCNC(=NCc1ccccn1)NCC(O)c1ccc(OC(C)C)cc1. The van der Waals surface area contributed by atoms with Crippen LogP contribution in [0.3, 0.4) is 0 Å². The lowest BCUT2D eigenvalue weighted by Gasteiger charge is -2.16. The molecule has 140 valence electrons.